The minimum Gasteiger partial charge on any atom is -0.340 e. The van der Waals surface area contributed by atoms with Crippen LogP contribution in [-0.2, 0) is 11.2 Å². The zero-order valence-electron chi connectivity index (χ0n) is 13.3. The van der Waals surface area contributed by atoms with Gasteiger partial charge in [0, 0.05) is 43.9 Å². The Labute approximate surface area is 136 Å². The number of carbonyl (C=O) groups excluding carboxylic acids is 1. The highest BCUT2D eigenvalue weighted by atomic mass is 16.6. The Morgan fingerprint density at radius 2 is 1.78 bits per heavy atom. The number of para-hydroxylation sites is 1. The van der Waals surface area contributed by atoms with Crippen molar-refractivity contribution < 1.29 is 9.72 Å². The predicted molar refractivity (Wildman–Crippen MR) is 87.2 cm³/mol. The number of rotatable bonds is 4. The van der Waals surface area contributed by atoms with E-state index in [-0.39, 0.29) is 18.0 Å². The van der Waals surface area contributed by atoms with Gasteiger partial charge in [0.1, 0.15) is 0 Å². The minimum atomic E-state index is -0.416. The van der Waals surface area contributed by atoms with E-state index in [2.05, 4.69) is 4.90 Å². The Morgan fingerprint density at radius 1 is 1.13 bits per heavy atom. The first-order valence-electron chi connectivity index (χ1n) is 8.39. The lowest BCUT2D eigenvalue weighted by Gasteiger charge is -2.38. The molecular formula is C17H23N3O3. The van der Waals surface area contributed by atoms with E-state index < -0.39 is 4.92 Å². The minimum absolute atomic E-state index is 0.00891. The molecule has 0 aromatic heterocycles. The number of nitro benzene ring substituents is 1. The van der Waals surface area contributed by atoms with E-state index >= 15 is 0 Å². The number of nitrogens with zero attached hydrogens (tertiary/aromatic N) is 3. The van der Waals surface area contributed by atoms with Gasteiger partial charge in [-0.1, -0.05) is 31.0 Å². The van der Waals surface area contributed by atoms with Gasteiger partial charge in [-0.25, -0.2) is 0 Å². The second-order valence-electron chi connectivity index (χ2n) is 6.42. The van der Waals surface area contributed by atoms with Gasteiger partial charge < -0.3 is 4.90 Å². The Kier molecular flexibility index (Phi) is 4.91. The number of piperazine rings is 1. The second-order valence-corrected chi connectivity index (χ2v) is 6.42. The van der Waals surface area contributed by atoms with Crippen LogP contribution in [0.4, 0.5) is 5.69 Å². The molecule has 6 heteroatoms. The van der Waals surface area contributed by atoms with Gasteiger partial charge in [-0.3, -0.25) is 19.8 Å². The quantitative estimate of drug-likeness (QED) is 0.631. The number of benzene rings is 1. The lowest BCUT2D eigenvalue weighted by molar-refractivity contribution is -0.385. The molecule has 23 heavy (non-hydrogen) atoms. The summed E-state index contributed by atoms with van der Waals surface area (Å²) in [5.74, 6) is -0.00891. The molecule has 1 aromatic rings. The van der Waals surface area contributed by atoms with Gasteiger partial charge in [-0.15, -0.1) is 0 Å². The molecule has 0 unspecified atom stereocenters. The van der Waals surface area contributed by atoms with Crippen molar-refractivity contribution in [2.75, 3.05) is 26.2 Å². The van der Waals surface area contributed by atoms with Gasteiger partial charge >= 0.3 is 0 Å². The Bertz CT molecular complexity index is 576. The summed E-state index contributed by atoms with van der Waals surface area (Å²) in [4.78, 5) is 27.4. The van der Waals surface area contributed by atoms with Crippen molar-refractivity contribution in [2.45, 2.75) is 38.1 Å². The van der Waals surface area contributed by atoms with Crippen molar-refractivity contribution in [1.29, 1.82) is 0 Å². The highest BCUT2D eigenvalue weighted by molar-refractivity contribution is 5.80. The van der Waals surface area contributed by atoms with Crippen LogP contribution >= 0.6 is 0 Å². The van der Waals surface area contributed by atoms with Crippen LogP contribution in [-0.4, -0.2) is 52.9 Å². The summed E-state index contributed by atoms with van der Waals surface area (Å²) in [6.07, 6.45) is 5.32. The maximum atomic E-state index is 12.5. The topological polar surface area (TPSA) is 66.7 Å². The number of carbonyl (C=O) groups is 1. The van der Waals surface area contributed by atoms with Crippen molar-refractivity contribution >= 4 is 11.6 Å². The molecule has 0 radical (unpaired) electrons. The van der Waals surface area contributed by atoms with Crippen LogP contribution in [0.2, 0.25) is 0 Å². The molecule has 124 valence electrons. The van der Waals surface area contributed by atoms with E-state index in [9.17, 15) is 14.9 Å². The van der Waals surface area contributed by atoms with E-state index in [1.165, 1.54) is 31.7 Å². The molecule has 0 spiro atoms. The zero-order chi connectivity index (χ0) is 16.2. The molecule has 0 bridgehead atoms. The summed E-state index contributed by atoms with van der Waals surface area (Å²) in [6.45, 7) is 3.31. The SMILES string of the molecule is O=C(Cc1ccccc1[N+](=O)[O-])N1CCN(C2CCCC2)CC1. The lowest BCUT2D eigenvalue weighted by atomic mass is 10.1. The maximum Gasteiger partial charge on any atom is 0.273 e. The average Bonchev–Trinajstić information content (AvgIpc) is 3.10. The highest BCUT2D eigenvalue weighted by Gasteiger charge is 2.28. The van der Waals surface area contributed by atoms with Crippen LogP contribution in [0.3, 0.4) is 0 Å². The van der Waals surface area contributed by atoms with E-state index in [1.807, 2.05) is 4.90 Å². The van der Waals surface area contributed by atoms with Gasteiger partial charge in [0.25, 0.3) is 5.69 Å². The zero-order valence-corrected chi connectivity index (χ0v) is 13.3. The summed E-state index contributed by atoms with van der Waals surface area (Å²) >= 11 is 0. The fourth-order valence-corrected chi connectivity index (χ4v) is 3.72. The third kappa shape index (κ3) is 3.69. The van der Waals surface area contributed by atoms with E-state index in [0.29, 0.717) is 11.6 Å². The van der Waals surface area contributed by atoms with E-state index in [1.54, 1.807) is 18.2 Å². The number of hydrogen-bond donors (Lipinski definition) is 0. The van der Waals surface area contributed by atoms with Crippen LogP contribution in [0.25, 0.3) is 0 Å². The molecule has 0 atom stereocenters. The van der Waals surface area contributed by atoms with Gasteiger partial charge in [-0.05, 0) is 12.8 Å². The first kappa shape index (κ1) is 15.9. The van der Waals surface area contributed by atoms with Gasteiger partial charge in [0.2, 0.25) is 5.91 Å². The molecule has 1 amide bonds. The summed E-state index contributed by atoms with van der Waals surface area (Å²) < 4.78 is 0. The smallest absolute Gasteiger partial charge is 0.273 e. The lowest BCUT2D eigenvalue weighted by Crippen LogP contribution is -2.51. The summed E-state index contributed by atoms with van der Waals surface area (Å²) in [5, 5.41) is 11.0. The summed E-state index contributed by atoms with van der Waals surface area (Å²) in [6, 6.07) is 7.20. The molecule has 1 heterocycles. The number of amides is 1. The van der Waals surface area contributed by atoms with Crippen molar-refractivity contribution in [1.82, 2.24) is 9.80 Å². The summed E-state index contributed by atoms with van der Waals surface area (Å²) in [5.41, 5.74) is 0.533. The standard InChI is InChI=1S/C17H23N3O3/c21-17(13-14-5-1-4-8-16(14)20(22)23)19-11-9-18(10-12-19)15-6-2-3-7-15/h1,4-5,8,15H,2-3,6-7,9-13H2. The van der Waals surface area contributed by atoms with Crippen LogP contribution in [0.5, 0.6) is 0 Å². The van der Waals surface area contributed by atoms with E-state index in [0.717, 1.165) is 26.2 Å². The predicted octanol–water partition coefficient (Wildman–Crippen LogP) is 2.22. The molecular weight excluding hydrogens is 294 g/mol. The molecule has 1 aliphatic heterocycles. The molecule has 1 aromatic carbocycles. The largest absolute Gasteiger partial charge is 0.340 e. The van der Waals surface area contributed by atoms with Crippen molar-refractivity contribution in [3.63, 3.8) is 0 Å². The van der Waals surface area contributed by atoms with E-state index in [4.69, 9.17) is 0 Å². The maximum absolute atomic E-state index is 12.5. The average molecular weight is 317 g/mol. The van der Waals surface area contributed by atoms with Crippen molar-refractivity contribution in [3.05, 3.63) is 39.9 Å². The Balaban J connectivity index is 1.56. The monoisotopic (exact) mass is 317 g/mol. The molecule has 2 fully saturated rings. The highest BCUT2D eigenvalue weighted by Crippen LogP contribution is 2.25. The molecule has 6 nitrogen and oxygen atoms in total. The summed E-state index contributed by atoms with van der Waals surface area (Å²) in [7, 11) is 0. The molecule has 3 rings (SSSR count). The van der Waals surface area contributed by atoms with Crippen molar-refractivity contribution in [2.24, 2.45) is 0 Å². The Morgan fingerprint density at radius 3 is 2.43 bits per heavy atom. The molecule has 1 saturated carbocycles. The third-order valence-electron chi connectivity index (χ3n) is 5.04. The first-order valence-corrected chi connectivity index (χ1v) is 8.39. The van der Waals surface area contributed by atoms with Crippen LogP contribution in [0.15, 0.2) is 24.3 Å². The first-order chi connectivity index (χ1) is 11.1. The number of hydrogen-bond acceptors (Lipinski definition) is 4. The fourth-order valence-electron chi connectivity index (χ4n) is 3.72. The van der Waals surface area contributed by atoms with Crippen LogP contribution in [0.1, 0.15) is 31.2 Å². The van der Waals surface area contributed by atoms with Crippen molar-refractivity contribution in [3.8, 4) is 0 Å². The normalized spacial score (nSPS) is 19.9. The molecule has 1 aliphatic carbocycles. The fraction of sp³-hybridized carbons (Fsp3) is 0.588. The van der Waals surface area contributed by atoms with Gasteiger partial charge in [0.05, 0.1) is 11.3 Å². The Hall–Kier alpha value is -1.95. The molecule has 1 saturated heterocycles. The molecule has 2 aliphatic rings. The van der Waals surface area contributed by atoms with Gasteiger partial charge in [-0.2, -0.15) is 0 Å². The van der Waals surface area contributed by atoms with Crippen LogP contribution in [0, 0.1) is 10.1 Å². The van der Waals surface area contributed by atoms with Gasteiger partial charge in [0.15, 0.2) is 0 Å². The molecule has 0 N–H and O–H groups in total. The van der Waals surface area contributed by atoms with Crippen LogP contribution < -0.4 is 0 Å². The third-order valence-corrected chi connectivity index (χ3v) is 5.04. The second kappa shape index (κ2) is 7.08. The number of nitro groups is 1.